The van der Waals surface area contributed by atoms with Crippen molar-refractivity contribution < 1.29 is 18.3 Å². The molecule has 0 aliphatic carbocycles. The van der Waals surface area contributed by atoms with Gasteiger partial charge >= 0.3 is 0 Å². The maximum atomic E-state index is 14.6. The highest BCUT2D eigenvalue weighted by Gasteiger charge is 2.15. The Morgan fingerprint density at radius 3 is 2.64 bits per heavy atom. The lowest BCUT2D eigenvalue weighted by atomic mass is 10.2. The third-order valence-corrected chi connectivity index (χ3v) is 5.82. The molecule has 2 aromatic heterocycles. The number of halogens is 2. The van der Waals surface area contributed by atoms with E-state index in [1.165, 1.54) is 29.5 Å². The molecule has 0 aliphatic heterocycles. The van der Waals surface area contributed by atoms with Gasteiger partial charge in [-0.2, -0.15) is 4.98 Å². The molecule has 2 heterocycles. The predicted octanol–water partition coefficient (Wildman–Crippen LogP) is 5.60. The standard InChI is InChI=1S/C25H24F2N6O2S/c1-4-21(34)29-15-6-5-7-17(12-15)35-24-23-20(8-11-36-23)31-25(32-24)30-16-13-18(26)22(19(27)14-16)28-9-10-33(2)3/h4-8,11-14,28H,1,9-10H2,2-3H3,(H,29,34)(H,30,31,32). The Morgan fingerprint density at radius 2 is 1.92 bits per heavy atom. The van der Waals surface area contributed by atoms with Gasteiger partial charge in [0.05, 0.1) is 5.52 Å². The molecular weight excluding hydrogens is 486 g/mol. The minimum absolute atomic E-state index is 0.110. The highest BCUT2D eigenvalue weighted by molar-refractivity contribution is 7.17. The van der Waals surface area contributed by atoms with Crippen molar-refractivity contribution in [3.05, 3.63) is 72.1 Å². The van der Waals surface area contributed by atoms with E-state index in [9.17, 15) is 13.6 Å². The third-order valence-electron chi connectivity index (χ3n) is 4.93. The molecule has 0 atom stereocenters. The van der Waals surface area contributed by atoms with Gasteiger partial charge in [0.2, 0.25) is 17.7 Å². The summed E-state index contributed by atoms with van der Waals surface area (Å²) in [7, 11) is 3.75. The van der Waals surface area contributed by atoms with Crippen LogP contribution in [0.4, 0.5) is 31.8 Å². The summed E-state index contributed by atoms with van der Waals surface area (Å²) in [5.74, 6) is -1.02. The number of aromatic nitrogens is 2. The summed E-state index contributed by atoms with van der Waals surface area (Å²) in [5.41, 5.74) is 1.09. The summed E-state index contributed by atoms with van der Waals surface area (Å²) in [5, 5.41) is 10.1. The fourth-order valence-electron chi connectivity index (χ4n) is 3.25. The highest BCUT2D eigenvalue weighted by Crippen LogP contribution is 2.34. The number of nitrogens with zero attached hydrogens (tertiary/aromatic N) is 3. The van der Waals surface area contributed by atoms with Crippen molar-refractivity contribution in [2.45, 2.75) is 0 Å². The van der Waals surface area contributed by atoms with E-state index in [0.717, 1.165) is 0 Å². The quantitative estimate of drug-likeness (QED) is 0.239. The molecule has 11 heteroatoms. The van der Waals surface area contributed by atoms with Crippen LogP contribution < -0.4 is 20.7 Å². The maximum Gasteiger partial charge on any atom is 0.247 e. The zero-order valence-electron chi connectivity index (χ0n) is 19.6. The van der Waals surface area contributed by atoms with Crippen molar-refractivity contribution in [2.75, 3.05) is 43.1 Å². The summed E-state index contributed by atoms with van der Waals surface area (Å²) >= 11 is 1.39. The summed E-state index contributed by atoms with van der Waals surface area (Å²) in [6, 6.07) is 10.9. The molecule has 4 rings (SSSR count). The number of nitrogens with one attached hydrogen (secondary N) is 3. The topological polar surface area (TPSA) is 91.4 Å². The average molecular weight is 511 g/mol. The molecule has 0 radical (unpaired) electrons. The molecule has 0 spiro atoms. The Bertz CT molecular complexity index is 1390. The molecule has 0 fully saturated rings. The first-order chi connectivity index (χ1) is 17.3. The summed E-state index contributed by atoms with van der Waals surface area (Å²) in [6.45, 7) is 4.45. The number of amides is 1. The summed E-state index contributed by atoms with van der Waals surface area (Å²) < 4.78 is 35.9. The van der Waals surface area contributed by atoms with Crippen LogP contribution in [0.3, 0.4) is 0 Å². The van der Waals surface area contributed by atoms with Crippen molar-refractivity contribution in [3.8, 4) is 11.6 Å². The second-order valence-electron chi connectivity index (χ2n) is 7.98. The Morgan fingerprint density at radius 1 is 1.14 bits per heavy atom. The molecule has 1 amide bonds. The number of anilines is 4. The average Bonchev–Trinajstić information content (AvgIpc) is 3.30. The number of benzene rings is 2. The monoisotopic (exact) mass is 510 g/mol. The number of hydrogen-bond donors (Lipinski definition) is 3. The lowest BCUT2D eigenvalue weighted by Gasteiger charge is -2.14. The van der Waals surface area contributed by atoms with Crippen LogP contribution in [0.25, 0.3) is 10.2 Å². The first-order valence-electron chi connectivity index (χ1n) is 10.9. The highest BCUT2D eigenvalue weighted by atomic mass is 32.1. The van der Waals surface area contributed by atoms with Gasteiger partial charge in [-0.15, -0.1) is 11.3 Å². The van der Waals surface area contributed by atoms with E-state index in [1.54, 1.807) is 30.3 Å². The fraction of sp³-hybridized carbons (Fsp3) is 0.160. The second-order valence-corrected chi connectivity index (χ2v) is 8.90. The Labute approximate surface area is 210 Å². The summed E-state index contributed by atoms with van der Waals surface area (Å²) in [6.07, 6.45) is 1.17. The largest absolute Gasteiger partial charge is 0.437 e. The molecule has 3 N–H and O–H groups in total. The van der Waals surface area contributed by atoms with Gasteiger partial charge in [-0.3, -0.25) is 4.79 Å². The number of thiophene rings is 1. The number of fused-ring (bicyclic) bond motifs is 1. The molecule has 186 valence electrons. The molecule has 4 aromatic rings. The molecule has 0 unspecified atom stereocenters. The lowest BCUT2D eigenvalue weighted by Crippen LogP contribution is -2.21. The number of carbonyl (C=O) groups is 1. The number of hydrogen-bond acceptors (Lipinski definition) is 8. The zero-order valence-corrected chi connectivity index (χ0v) is 20.5. The maximum absolute atomic E-state index is 14.6. The molecule has 2 aromatic carbocycles. The smallest absolute Gasteiger partial charge is 0.247 e. The molecule has 0 saturated heterocycles. The Balaban J connectivity index is 1.57. The molecule has 0 aliphatic rings. The van der Waals surface area contributed by atoms with E-state index in [-0.39, 0.29) is 29.1 Å². The zero-order chi connectivity index (χ0) is 25.7. The van der Waals surface area contributed by atoms with Crippen LogP contribution in [0.2, 0.25) is 0 Å². The van der Waals surface area contributed by atoms with E-state index < -0.39 is 11.6 Å². The van der Waals surface area contributed by atoms with E-state index in [1.807, 2.05) is 24.4 Å². The van der Waals surface area contributed by atoms with Crippen molar-refractivity contribution >= 4 is 50.5 Å². The normalized spacial score (nSPS) is 10.9. The van der Waals surface area contributed by atoms with Gasteiger partial charge in [-0.1, -0.05) is 12.6 Å². The van der Waals surface area contributed by atoms with Gasteiger partial charge in [-0.25, -0.2) is 13.8 Å². The van der Waals surface area contributed by atoms with E-state index >= 15 is 0 Å². The van der Waals surface area contributed by atoms with Gasteiger partial charge in [0.15, 0.2) is 11.6 Å². The van der Waals surface area contributed by atoms with Crippen LogP contribution in [-0.2, 0) is 4.79 Å². The van der Waals surface area contributed by atoms with Crippen LogP contribution in [0, 0.1) is 11.6 Å². The molecule has 0 saturated carbocycles. The number of ether oxygens (including phenoxy) is 1. The van der Waals surface area contributed by atoms with E-state index in [0.29, 0.717) is 34.7 Å². The van der Waals surface area contributed by atoms with Crippen LogP contribution in [0.1, 0.15) is 0 Å². The minimum Gasteiger partial charge on any atom is -0.437 e. The van der Waals surface area contributed by atoms with Crippen molar-refractivity contribution in [2.24, 2.45) is 0 Å². The molecular formula is C25H24F2N6O2S. The van der Waals surface area contributed by atoms with Gasteiger partial charge in [0.25, 0.3) is 0 Å². The SMILES string of the molecule is C=CC(=O)Nc1cccc(Oc2nc(Nc3cc(F)c(NCCN(C)C)c(F)c3)nc3ccsc23)c1. The van der Waals surface area contributed by atoms with E-state index in [2.05, 4.69) is 32.5 Å². The first kappa shape index (κ1) is 25.0. The molecule has 0 bridgehead atoms. The van der Waals surface area contributed by atoms with Crippen LogP contribution in [0.15, 0.2) is 60.5 Å². The molecule has 36 heavy (non-hydrogen) atoms. The van der Waals surface area contributed by atoms with Gasteiger partial charge in [-0.05, 0) is 55.9 Å². The van der Waals surface area contributed by atoms with Crippen LogP contribution >= 0.6 is 11.3 Å². The van der Waals surface area contributed by atoms with Crippen molar-refractivity contribution in [1.82, 2.24) is 14.9 Å². The van der Waals surface area contributed by atoms with Gasteiger partial charge in [0.1, 0.15) is 16.1 Å². The number of likely N-dealkylation sites (N-methyl/N-ethyl adjacent to an activating group) is 1. The first-order valence-corrected chi connectivity index (χ1v) is 11.8. The predicted molar refractivity (Wildman–Crippen MR) is 139 cm³/mol. The van der Waals surface area contributed by atoms with Gasteiger partial charge in [0, 0.05) is 30.5 Å². The van der Waals surface area contributed by atoms with Crippen LogP contribution in [-0.4, -0.2) is 48.0 Å². The Hall–Kier alpha value is -4.09. The van der Waals surface area contributed by atoms with Crippen molar-refractivity contribution in [3.63, 3.8) is 0 Å². The molecule has 8 nitrogen and oxygen atoms in total. The summed E-state index contributed by atoms with van der Waals surface area (Å²) in [4.78, 5) is 22.4. The lowest BCUT2D eigenvalue weighted by molar-refractivity contribution is -0.111. The fourth-order valence-corrected chi connectivity index (χ4v) is 4.01. The number of carbonyl (C=O) groups excluding carboxylic acids is 1. The van der Waals surface area contributed by atoms with E-state index in [4.69, 9.17) is 4.74 Å². The minimum atomic E-state index is -0.734. The van der Waals surface area contributed by atoms with Gasteiger partial charge < -0.3 is 25.6 Å². The third kappa shape index (κ3) is 6.12. The second kappa shape index (κ2) is 11.1. The van der Waals surface area contributed by atoms with Crippen molar-refractivity contribution in [1.29, 1.82) is 0 Å². The Kier molecular flexibility index (Phi) is 7.71. The van der Waals surface area contributed by atoms with Crippen LogP contribution in [0.5, 0.6) is 11.6 Å². The number of rotatable bonds is 10.